The summed E-state index contributed by atoms with van der Waals surface area (Å²) in [6.45, 7) is 3.30. The molecule has 0 unspecified atom stereocenters. The Bertz CT molecular complexity index is 1710. The summed E-state index contributed by atoms with van der Waals surface area (Å²) in [6, 6.07) is 21.3. The molecule has 4 heterocycles. The van der Waals surface area contributed by atoms with Crippen LogP contribution in [0.5, 0.6) is 0 Å². The summed E-state index contributed by atoms with van der Waals surface area (Å²) in [4.78, 5) is 20.0. The first-order valence-corrected chi connectivity index (χ1v) is 13.3. The molecule has 10 heteroatoms. The molecule has 8 nitrogen and oxygen atoms in total. The highest BCUT2D eigenvalue weighted by atomic mass is 32.1. The molecule has 6 rings (SSSR count). The maximum Gasteiger partial charge on any atom is 0.253 e. The zero-order valence-corrected chi connectivity index (χ0v) is 21.9. The standard InChI is InChI=1S/C29H25FN6O2S/c1-19-6-11-26-21(14-19)15-25(29(37)31-26)27(28-32-33-34-36(28)16-20-7-9-22(30)10-8-20)35(17-23-4-2-12-38-23)18-24-5-3-13-39-24/h2-15,27H,16-18H2,1H3,(H,31,37)/t27-/m0/s1. The molecule has 0 saturated heterocycles. The molecular weight excluding hydrogens is 515 g/mol. The second-order valence-electron chi connectivity index (χ2n) is 9.43. The number of nitrogens with zero attached hydrogens (tertiary/aromatic N) is 5. The third kappa shape index (κ3) is 5.43. The van der Waals surface area contributed by atoms with Gasteiger partial charge in [0.05, 0.1) is 19.4 Å². The predicted molar refractivity (Wildman–Crippen MR) is 147 cm³/mol. The molecule has 0 radical (unpaired) electrons. The van der Waals surface area contributed by atoms with Crippen LogP contribution in [0.25, 0.3) is 10.9 Å². The van der Waals surface area contributed by atoms with Crippen molar-refractivity contribution in [3.63, 3.8) is 0 Å². The average molecular weight is 541 g/mol. The Hall–Kier alpha value is -4.41. The van der Waals surface area contributed by atoms with Gasteiger partial charge in [0, 0.05) is 22.5 Å². The first-order chi connectivity index (χ1) is 19.0. The van der Waals surface area contributed by atoms with Crippen molar-refractivity contribution in [1.82, 2.24) is 30.1 Å². The molecule has 0 aliphatic heterocycles. The molecule has 0 amide bonds. The van der Waals surface area contributed by atoms with Gasteiger partial charge < -0.3 is 9.40 Å². The van der Waals surface area contributed by atoms with Gasteiger partial charge in [-0.05, 0) is 82.2 Å². The van der Waals surface area contributed by atoms with E-state index in [1.54, 1.807) is 34.4 Å². The molecule has 196 valence electrons. The van der Waals surface area contributed by atoms with Gasteiger partial charge >= 0.3 is 0 Å². The fourth-order valence-electron chi connectivity index (χ4n) is 4.77. The van der Waals surface area contributed by atoms with Crippen molar-refractivity contribution < 1.29 is 8.81 Å². The lowest BCUT2D eigenvalue weighted by atomic mass is 10.0. The number of aromatic amines is 1. The average Bonchev–Trinajstić information content (AvgIpc) is 3.71. The van der Waals surface area contributed by atoms with Crippen LogP contribution in [0.4, 0.5) is 4.39 Å². The second-order valence-corrected chi connectivity index (χ2v) is 10.5. The highest BCUT2D eigenvalue weighted by Crippen LogP contribution is 2.31. The monoisotopic (exact) mass is 540 g/mol. The number of thiophene rings is 1. The number of hydrogen-bond acceptors (Lipinski definition) is 7. The van der Waals surface area contributed by atoms with E-state index in [2.05, 4.69) is 31.5 Å². The van der Waals surface area contributed by atoms with Gasteiger partial charge in [-0.2, -0.15) is 0 Å². The largest absolute Gasteiger partial charge is 0.468 e. The van der Waals surface area contributed by atoms with Crippen LogP contribution in [0.3, 0.4) is 0 Å². The number of benzene rings is 2. The summed E-state index contributed by atoms with van der Waals surface area (Å²) in [5.74, 6) is 0.939. The summed E-state index contributed by atoms with van der Waals surface area (Å²) in [7, 11) is 0. The summed E-state index contributed by atoms with van der Waals surface area (Å²) in [6.07, 6.45) is 1.64. The Morgan fingerprint density at radius 2 is 1.95 bits per heavy atom. The lowest BCUT2D eigenvalue weighted by Crippen LogP contribution is -2.34. The molecule has 1 N–H and O–H groups in total. The van der Waals surface area contributed by atoms with Gasteiger partial charge in [0.2, 0.25) is 0 Å². The van der Waals surface area contributed by atoms with E-state index in [4.69, 9.17) is 4.42 Å². The lowest BCUT2D eigenvalue weighted by molar-refractivity contribution is 0.181. The molecule has 4 aromatic heterocycles. The van der Waals surface area contributed by atoms with Crippen LogP contribution >= 0.6 is 11.3 Å². The molecule has 0 aliphatic rings. The van der Waals surface area contributed by atoms with Crippen LogP contribution in [0.15, 0.2) is 93.7 Å². The summed E-state index contributed by atoms with van der Waals surface area (Å²) >= 11 is 1.64. The molecule has 0 saturated carbocycles. The van der Waals surface area contributed by atoms with Crippen molar-refractivity contribution in [2.24, 2.45) is 0 Å². The number of hydrogen-bond donors (Lipinski definition) is 1. The number of furan rings is 1. The first kappa shape index (κ1) is 24.9. The Balaban J connectivity index is 1.51. The van der Waals surface area contributed by atoms with Crippen LogP contribution in [0, 0.1) is 12.7 Å². The topological polar surface area (TPSA) is 92.8 Å². The van der Waals surface area contributed by atoms with E-state index in [1.165, 1.54) is 12.1 Å². The van der Waals surface area contributed by atoms with Crippen LogP contribution in [-0.2, 0) is 19.6 Å². The van der Waals surface area contributed by atoms with E-state index < -0.39 is 6.04 Å². The quantitative estimate of drug-likeness (QED) is 0.262. The van der Waals surface area contributed by atoms with E-state index in [1.807, 2.05) is 54.8 Å². The van der Waals surface area contributed by atoms with E-state index in [0.717, 1.165) is 32.7 Å². The maximum atomic E-state index is 13.6. The number of halogens is 1. The number of H-pyrrole nitrogens is 1. The summed E-state index contributed by atoms with van der Waals surface area (Å²) < 4.78 is 21.0. The van der Waals surface area contributed by atoms with Gasteiger partial charge in [0.25, 0.3) is 5.56 Å². The number of rotatable bonds is 9. The smallest absolute Gasteiger partial charge is 0.253 e. The Morgan fingerprint density at radius 1 is 1.08 bits per heavy atom. The zero-order chi connectivity index (χ0) is 26.8. The van der Waals surface area contributed by atoms with Gasteiger partial charge in [0.15, 0.2) is 5.82 Å². The van der Waals surface area contributed by atoms with Crippen molar-refractivity contribution in [3.8, 4) is 0 Å². The van der Waals surface area contributed by atoms with Crippen molar-refractivity contribution in [3.05, 3.63) is 134 Å². The molecule has 0 spiro atoms. The Kier molecular flexibility index (Phi) is 6.87. The number of nitrogens with one attached hydrogen (secondary N) is 1. The van der Waals surface area contributed by atoms with Crippen LogP contribution in [0.2, 0.25) is 0 Å². The summed E-state index contributed by atoms with van der Waals surface area (Å²) in [5.41, 5.74) is 2.98. The van der Waals surface area contributed by atoms with Crippen LogP contribution in [0.1, 0.15) is 39.2 Å². The lowest BCUT2D eigenvalue weighted by Gasteiger charge is -2.30. The molecule has 0 aliphatic carbocycles. The van der Waals surface area contributed by atoms with Gasteiger partial charge in [-0.3, -0.25) is 9.69 Å². The number of tetrazole rings is 1. The minimum absolute atomic E-state index is 0.219. The predicted octanol–water partition coefficient (Wildman–Crippen LogP) is 5.46. The molecule has 2 aromatic carbocycles. The van der Waals surface area contributed by atoms with Gasteiger partial charge in [-0.1, -0.05) is 29.8 Å². The highest BCUT2D eigenvalue weighted by molar-refractivity contribution is 7.09. The van der Waals surface area contributed by atoms with E-state index >= 15 is 0 Å². The van der Waals surface area contributed by atoms with Crippen molar-refractivity contribution in [2.75, 3.05) is 0 Å². The third-order valence-electron chi connectivity index (χ3n) is 6.62. The Morgan fingerprint density at radius 3 is 2.72 bits per heavy atom. The van der Waals surface area contributed by atoms with Crippen LogP contribution in [-0.4, -0.2) is 30.1 Å². The number of aryl methyl sites for hydroxylation is 1. The third-order valence-corrected chi connectivity index (χ3v) is 7.48. The minimum Gasteiger partial charge on any atom is -0.468 e. The second kappa shape index (κ2) is 10.8. The van der Waals surface area contributed by atoms with Crippen molar-refractivity contribution >= 4 is 22.2 Å². The molecule has 1 atom stereocenters. The normalized spacial score (nSPS) is 12.4. The summed E-state index contributed by atoms with van der Waals surface area (Å²) in [5, 5.41) is 15.6. The van der Waals surface area contributed by atoms with Crippen molar-refractivity contribution in [2.45, 2.75) is 32.6 Å². The van der Waals surface area contributed by atoms with E-state index in [0.29, 0.717) is 31.0 Å². The van der Waals surface area contributed by atoms with Crippen molar-refractivity contribution in [1.29, 1.82) is 0 Å². The van der Waals surface area contributed by atoms with Crippen LogP contribution < -0.4 is 5.56 Å². The molecule has 6 aromatic rings. The maximum absolute atomic E-state index is 13.6. The van der Waals surface area contributed by atoms with E-state index in [9.17, 15) is 9.18 Å². The Labute approximate surface area is 227 Å². The first-order valence-electron chi connectivity index (χ1n) is 12.5. The van der Waals surface area contributed by atoms with Gasteiger partial charge in [0.1, 0.15) is 17.6 Å². The van der Waals surface area contributed by atoms with Gasteiger partial charge in [-0.15, -0.1) is 16.4 Å². The number of fused-ring (bicyclic) bond motifs is 1. The minimum atomic E-state index is -0.610. The van der Waals surface area contributed by atoms with E-state index in [-0.39, 0.29) is 11.4 Å². The number of pyridine rings is 1. The molecule has 0 fully saturated rings. The SMILES string of the molecule is Cc1ccc2[nH]c(=O)c([C@@H](c3nnnn3Cc3ccc(F)cc3)N(Cc3ccco3)Cc3cccs3)cc2c1. The molecule has 0 bridgehead atoms. The molecular formula is C29H25FN6O2S. The fourth-order valence-corrected chi connectivity index (χ4v) is 5.50. The highest BCUT2D eigenvalue weighted by Gasteiger charge is 2.31. The van der Waals surface area contributed by atoms with Gasteiger partial charge in [-0.25, -0.2) is 9.07 Å². The molecule has 39 heavy (non-hydrogen) atoms. The zero-order valence-electron chi connectivity index (χ0n) is 21.1. The number of aromatic nitrogens is 5. The fraction of sp³-hybridized carbons (Fsp3) is 0.172.